The molecular weight excluding hydrogens is 258 g/mol. The topological polar surface area (TPSA) is 50.2 Å². The van der Waals surface area contributed by atoms with Crippen LogP contribution in [0.2, 0.25) is 0 Å². The minimum absolute atomic E-state index is 0.141. The minimum atomic E-state index is -0.970. The highest BCUT2D eigenvalue weighted by Gasteiger charge is 2.25. The van der Waals surface area contributed by atoms with E-state index in [-0.39, 0.29) is 11.1 Å². The van der Waals surface area contributed by atoms with Gasteiger partial charge in [-0.25, -0.2) is 9.78 Å². The van der Waals surface area contributed by atoms with E-state index >= 15 is 0 Å². The Morgan fingerprint density at radius 2 is 1.79 bits per heavy atom. The summed E-state index contributed by atoms with van der Waals surface area (Å²) in [5, 5.41) is 10.2. The SMILES string of the molecule is Cc1ccc(-c2sc(C(C)(C)C)nc2C(=O)O)cc1. The van der Waals surface area contributed by atoms with Crippen molar-refractivity contribution >= 4 is 17.3 Å². The Balaban J connectivity index is 2.58. The van der Waals surface area contributed by atoms with Crippen molar-refractivity contribution in [1.82, 2.24) is 4.98 Å². The van der Waals surface area contributed by atoms with Gasteiger partial charge in [0.25, 0.3) is 0 Å². The number of aryl methyl sites for hydroxylation is 1. The molecule has 0 unspecified atom stereocenters. The smallest absolute Gasteiger partial charge is 0.356 e. The van der Waals surface area contributed by atoms with Crippen molar-refractivity contribution in [2.75, 3.05) is 0 Å². The summed E-state index contributed by atoms with van der Waals surface area (Å²) in [5.74, 6) is -0.970. The zero-order chi connectivity index (χ0) is 14.2. The third-order valence-corrected chi connectivity index (χ3v) is 4.32. The third kappa shape index (κ3) is 2.84. The fraction of sp³-hybridized carbons (Fsp3) is 0.333. The lowest BCUT2D eigenvalue weighted by atomic mass is 9.98. The molecule has 1 aromatic carbocycles. The van der Waals surface area contributed by atoms with E-state index in [1.165, 1.54) is 11.3 Å². The van der Waals surface area contributed by atoms with Gasteiger partial charge < -0.3 is 5.11 Å². The number of rotatable bonds is 2. The number of aromatic nitrogens is 1. The van der Waals surface area contributed by atoms with Gasteiger partial charge in [0, 0.05) is 5.41 Å². The molecule has 0 aliphatic heterocycles. The van der Waals surface area contributed by atoms with E-state index in [1.807, 2.05) is 52.0 Å². The molecule has 3 nitrogen and oxygen atoms in total. The van der Waals surface area contributed by atoms with Crippen molar-refractivity contribution in [2.45, 2.75) is 33.1 Å². The molecule has 0 radical (unpaired) electrons. The van der Waals surface area contributed by atoms with Crippen LogP contribution in [0.1, 0.15) is 41.8 Å². The number of carboxylic acid groups (broad SMARTS) is 1. The van der Waals surface area contributed by atoms with Gasteiger partial charge in [0.2, 0.25) is 0 Å². The van der Waals surface area contributed by atoms with Gasteiger partial charge in [-0.1, -0.05) is 50.6 Å². The predicted octanol–water partition coefficient (Wildman–Crippen LogP) is 4.11. The summed E-state index contributed by atoms with van der Waals surface area (Å²) < 4.78 is 0. The van der Waals surface area contributed by atoms with Crippen molar-refractivity contribution in [3.05, 3.63) is 40.5 Å². The van der Waals surface area contributed by atoms with Crippen LogP contribution in [0.15, 0.2) is 24.3 Å². The maximum atomic E-state index is 11.3. The molecule has 1 heterocycles. The molecule has 2 rings (SSSR count). The predicted molar refractivity (Wildman–Crippen MR) is 77.9 cm³/mol. The molecule has 1 N–H and O–H groups in total. The number of thiazole rings is 1. The maximum Gasteiger partial charge on any atom is 0.356 e. The Morgan fingerprint density at radius 3 is 2.26 bits per heavy atom. The number of aromatic carboxylic acids is 1. The fourth-order valence-electron chi connectivity index (χ4n) is 1.69. The molecule has 2 aromatic rings. The second-order valence-electron chi connectivity index (χ2n) is 5.62. The van der Waals surface area contributed by atoms with Gasteiger partial charge in [-0.2, -0.15) is 0 Å². The molecule has 0 spiro atoms. The summed E-state index contributed by atoms with van der Waals surface area (Å²) >= 11 is 1.46. The van der Waals surface area contributed by atoms with Gasteiger partial charge in [0.15, 0.2) is 5.69 Å². The molecule has 0 atom stereocenters. The summed E-state index contributed by atoms with van der Waals surface area (Å²) in [5.41, 5.74) is 2.08. The Hall–Kier alpha value is -1.68. The molecule has 0 aliphatic rings. The first-order chi connectivity index (χ1) is 8.79. The van der Waals surface area contributed by atoms with Gasteiger partial charge >= 0.3 is 5.97 Å². The Labute approximate surface area is 116 Å². The molecule has 0 bridgehead atoms. The van der Waals surface area contributed by atoms with Crippen LogP contribution < -0.4 is 0 Å². The Bertz CT molecular complexity index is 606. The van der Waals surface area contributed by atoms with Crippen LogP contribution in [0.3, 0.4) is 0 Å². The van der Waals surface area contributed by atoms with Gasteiger partial charge in [-0.05, 0) is 12.5 Å². The van der Waals surface area contributed by atoms with E-state index in [2.05, 4.69) is 4.98 Å². The molecule has 0 saturated carbocycles. The summed E-state index contributed by atoms with van der Waals surface area (Å²) in [6, 6.07) is 7.86. The molecule has 0 saturated heterocycles. The molecule has 19 heavy (non-hydrogen) atoms. The highest BCUT2D eigenvalue weighted by atomic mass is 32.1. The monoisotopic (exact) mass is 275 g/mol. The van der Waals surface area contributed by atoms with E-state index in [0.717, 1.165) is 21.0 Å². The standard InChI is InChI=1S/C15H17NO2S/c1-9-5-7-10(8-6-9)12-11(13(17)18)16-14(19-12)15(2,3)4/h5-8H,1-4H3,(H,17,18). The lowest BCUT2D eigenvalue weighted by Crippen LogP contribution is -2.11. The van der Waals surface area contributed by atoms with Crippen LogP contribution in [0.5, 0.6) is 0 Å². The van der Waals surface area contributed by atoms with Crippen molar-refractivity contribution < 1.29 is 9.90 Å². The number of benzene rings is 1. The van der Waals surface area contributed by atoms with E-state index in [0.29, 0.717) is 0 Å². The molecular formula is C15H17NO2S. The largest absolute Gasteiger partial charge is 0.476 e. The quantitative estimate of drug-likeness (QED) is 0.897. The number of carboxylic acids is 1. The third-order valence-electron chi connectivity index (χ3n) is 2.79. The lowest BCUT2D eigenvalue weighted by molar-refractivity contribution is 0.0692. The number of hydrogen-bond acceptors (Lipinski definition) is 3. The molecule has 0 aliphatic carbocycles. The van der Waals surface area contributed by atoms with Crippen molar-refractivity contribution in [3.63, 3.8) is 0 Å². The number of hydrogen-bond donors (Lipinski definition) is 1. The summed E-state index contributed by atoms with van der Waals surface area (Å²) in [7, 11) is 0. The normalized spacial score (nSPS) is 11.6. The lowest BCUT2D eigenvalue weighted by Gasteiger charge is -2.13. The van der Waals surface area contributed by atoms with Crippen LogP contribution in [-0.2, 0) is 5.41 Å². The van der Waals surface area contributed by atoms with Crippen LogP contribution in [-0.4, -0.2) is 16.1 Å². The maximum absolute atomic E-state index is 11.3. The van der Waals surface area contributed by atoms with Crippen LogP contribution in [0, 0.1) is 6.92 Å². The summed E-state index contributed by atoms with van der Waals surface area (Å²) in [6.45, 7) is 8.12. The summed E-state index contributed by atoms with van der Waals surface area (Å²) in [4.78, 5) is 16.4. The van der Waals surface area contributed by atoms with Crippen LogP contribution in [0.4, 0.5) is 0 Å². The second kappa shape index (κ2) is 4.78. The van der Waals surface area contributed by atoms with Gasteiger partial charge in [0.1, 0.15) is 0 Å². The average molecular weight is 275 g/mol. The van der Waals surface area contributed by atoms with E-state index in [1.54, 1.807) is 0 Å². The molecule has 0 fully saturated rings. The van der Waals surface area contributed by atoms with Crippen molar-refractivity contribution in [3.8, 4) is 10.4 Å². The van der Waals surface area contributed by atoms with Crippen LogP contribution in [0.25, 0.3) is 10.4 Å². The highest BCUT2D eigenvalue weighted by Crippen LogP contribution is 2.36. The van der Waals surface area contributed by atoms with Gasteiger partial charge in [-0.15, -0.1) is 11.3 Å². The molecule has 0 amide bonds. The number of nitrogens with zero attached hydrogens (tertiary/aromatic N) is 1. The van der Waals surface area contributed by atoms with E-state index < -0.39 is 5.97 Å². The van der Waals surface area contributed by atoms with Gasteiger partial charge in [0.05, 0.1) is 9.88 Å². The summed E-state index contributed by atoms with van der Waals surface area (Å²) in [6.07, 6.45) is 0. The Kier molecular flexibility index (Phi) is 3.45. The zero-order valence-corrected chi connectivity index (χ0v) is 12.3. The van der Waals surface area contributed by atoms with E-state index in [4.69, 9.17) is 0 Å². The molecule has 1 aromatic heterocycles. The molecule has 4 heteroatoms. The van der Waals surface area contributed by atoms with Gasteiger partial charge in [-0.3, -0.25) is 0 Å². The van der Waals surface area contributed by atoms with Crippen LogP contribution >= 0.6 is 11.3 Å². The molecule has 100 valence electrons. The number of carbonyl (C=O) groups is 1. The Morgan fingerprint density at radius 1 is 1.21 bits per heavy atom. The zero-order valence-electron chi connectivity index (χ0n) is 11.5. The first kappa shape index (κ1) is 13.7. The van der Waals surface area contributed by atoms with Crippen molar-refractivity contribution in [1.29, 1.82) is 0 Å². The highest BCUT2D eigenvalue weighted by molar-refractivity contribution is 7.15. The first-order valence-corrected chi connectivity index (χ1v) is 6.92. The average Bonchev–Trinajstić information content (AvgIpc) is 2.74. The van der Waals surface area contributed by atoms with E-state index in [9.17, 15) is 9.90 Å². The van der Waals surface area contributed by atoms with Crippen molar-refractivity contribution in [2.24, 2.45) is 0 Å². The first-order valence-electron chi connectivity index (χ1n) is 6.10. The minimum Gasteiger partial charge on any atom is -0.476 e. The second-order valence-corrected chi connectivity index (χ2v) is 6.62. The fourth-order valence-corrected chi connectivity index (χ4v) is 2.81.